The molecule has 0 spiro atoms. The molecule has 2 aliphatic heterocycles. The Kier molecular flexibility index (Phi) is 8.60. The Labute approximate surface area is 235 Å². The molecule has 3 aromatic rings. The molecule has 0 fully saturated rings. The minimum atomic E-state index is -3.43. The number of fused-ring (bicyclic) bond motifs is 5. The number of carbonyl (C=O) groups is 1. The number of benzene rings is 2. The van der Waals surface area contributed by atoms with E-state index in [0.29, 0.717) is 62.7 Å². The number of aryl methyl sites for hydroxylation is 1. The quantitative estimate of drug-likeness (QED) is 0.477. The highest BCUT2D eigenvalue weighted by atomic mass is 32.2. The van der Waals surface area contributed by atoms with E-state index in [2.05, 4.69) is 9.55 Å². The van der Waals surface area contributed by atoms with Crippen molar-refractivity contribution in [1.29, 1.82) is 0 Å². The van der Waals surface area contributed by atoms with Crippen molar-refractivity contribution in [1.82, 2.24) is 18.8 Å². The molecule has 0 N–H and O–H groups in total. The lowest BCUT2D eigenvalue weighted by Crippen LogP contribution is -2.36. The molecule has 0 saturated heterocycles. The number of imidazole rings is 1. The van der Waals surface area contributed by atoms with Crippen LogP contribution in [0, 0.1) is 0 Å². The Morgan fingerprint density at radius 3 is 2.55 bits per heavy atom. The SMILES string of the molecule is COc1ccc2cc1OCCN(S(C)(=O)=O)CCCCN(C(=O)c1ccc3c(c1)CCO3)CCCn1ccnc1-2. The van der Waals surface area contributed by atoms with Crippen molar-refractivity contribution in [2.24, 2.45) is 0 Å². The van der Waals surface area contributed by atoms with Crippen molar-refractivity contribution < 1.29 is 27.4 Å². The number of methoxy groups -OCH3 is 1. The second kappa shape index (κ2) is 12.3. The van der Waals surface area contributed by atoms with Gasteiger partial charge in [0.05, 0.1) is 20.0 Å². The van der Waals surface area contributed by atoms with Gasteiger partial charge < -0.3 is 23.7 Å². The molecule has 0 radical (unpaired) electrons. The van der Waals surface area contributed by atoms with Crippen LogP contribution in [0.1, 0.15) is 35.2 Å². The van der Waals surface area contributed by atoms with E-state index < -0.39 is 10.0 Å². The van der Waals surface area contributed by atoms with Gasteiger partial charge in [-0.2, -0.15) is 4.31 Å². The van der Waals surface area contributed by atoms with Crippen molar-refractivity contribution in [3.8, 4) is 28.6 Å². The minimum Gasteiger partial charge on any atom is -0.493 e. The van der Waals surface area contributed by atoms with Gasteiger partial charge in [0.15, 0.2) is 11.5 Å². The molecule has 214 valence electrons. The van der Waals surface area contributed by atoms with Gasteiger partial charge in [-0.1, -0.05) is 0 Å². The highest BCUT2D eigenvalue weighted by Gasteiger charge is 2.21. The van der Waals surface area contributed by atoms with Gasteiger partial charge in [0.25, 0.3) is 5.91 Å². The predicted molar refractivity (Wildman–Crippen MR) is 152 cm³/mol. The molecule has 1 aromatic heterocycles. The zero-order valence-corrected chi connectivity index (χ0v) is 23.9. The number of rotatable bonds is 3. The monoisotopic (exact) mass is 568 g/mol. The van der Waals surface area contributed by atoms with Crippen LogP contribution in [0.15, 0.2) is 48.8 Å². The molecular formula is C29H36N4O6S. The summed E-state index contributed by atoms with van der Waals surface area (Å²) in [6, 6.07) is 11.3. The molecule has 10 nitrogen and oxygen atoms in total. The third kappa shape index (κ3) is 6.42. The zero-order valence-electron chi connectivity index (χ0n) is 23.0. The summed E-state index contributed by atoms with van der Waals surface area (Å²) in [4.78, 5) is 20.1. The summed E-state index contributed by atoms with van der Waals surface area (Å²) in [5, 5.41) is 0. The number of ether oxygens (including phenoxy) is 3. The average molecular weight is 569 g/mol. The smallest absolute Gasteiger partial charge is 0.253 e. The number of nitrogens with zero attached hydrogens (tertiary/aromatic N) is 4. The topological polar surface area (TPSA) is 103 Å². The van der Waals surface area contributed by atoms with Crippen LogP contribution in [-0.4, -0.2) is 85.8 Å². The molecular weight excluding hydrogens is 532 g/mol. The highest BCUT2D eigenvalue weighted by Crippen LogP contribution is 2.32. The number of amides is 1. The first-order valence-electron chi connectivity index (χ1n) is 13.7. The molecule has 0 aliphatic carbocycles. The van der Waals surface area contributed by atoms with E-state index in [9.17, 15) is 13.2 Å². The molecule has 0 saturated carbocycles. The molecule has 2 bridgehead atoms. The fraction of sp³-hybridized carbons (Fsp3) is 0.448. The molecule has 2 aromatic carbocycles. The molecule has 0 atom stereocenters. The van der Waals surface area contributed by atoms with Gasteiger partial charge in [0.1, 0.15) is 18.2 Å². The van der Waals surface area contributed by atoms with Crippen LogP contribution in [0.2, 0.25) is 0 Å². The molecule has 3 heterocycles. The van der Waals surface area contributed by atoms with Crippen LogP contribution in [0.25, 0.3) is 11.4 Å². The van der Waals surface area contributed by atoms with Gasteiger partial charge in [0, 0.05) is 62.7 Å². The van der Waals surface area contributed by atoms with E-state index in [-0.39, 0.29) is 19.1 Å². The van der Waals surface area contributed by atoms with Gasteiger partial charge in [-0.25, -0.2) is 13.4 Å². The molecule has 0 unspecified atom stereocenters. The largest absolute Gasteiger partial charge is 0.493 e. The Morgan fingerprint density at radius 2 is 1.73 bits per heavy atom. The summed E-state index contributed by atoms with van der Waals surface area (Å²) in [5.41, 5.74) is 2.57. The summed E-state index contributed by atoms with van der Waals surface area (Å²) in [6.45, 7) is 3.16. The summed E-state index contributed by atoms with van der Waals surface area (Å²) < 4.78 is 45.6. The van der Waals surface area contributed by atoms with Crippen molar-refractivity contribution in [3.63, 3.8) is 0 Å². The molecule has 5 rings (SSSR count). The summed E-state index contributed by atoms with van der Waals surface area (Å²) in [5.74, 6) is 2.71. The minimum absolute atomic E-state index is 0.0216. The van der Waals surface area contributed by atoms with Crippen LogP contribution in [0.3, 0.4) is 0 Å². The van der Waals surface area contributed by atoms with Crippen LogP contribution < -0.4 is 14.2 Å². The second-order valence-electron chi connectivity index (χ2n) is 10.1. The van der Waals surface area contributed by atoms with E-state index >= 15 is 0 Å². The second-order valence-corrected chi connectivity index (χ2v) is 12.1. The maximum Gasteiger partial charge on any atom is 0.253 e. The fourth-order valence-corrected chi connectivity index (χ4v) is 6.09. The number of aromatic nitrogens is 2. The van der Waals surface area contributed by atoms with Crippen molar-refractivity contribution >= 4 is 15.9 Å². The fourth-order valence-electron chi connectivity index (χ4n) is 5.22. The summed E-state index contributed by atoms with van der Waals surface area (Å²) in [7, 11) is -1.86. The number of carbonyl (C=O) groups excluding carboxylic acids is 1. The van der Waals surface area contributed by atoms with E-state index in [1.54, 1.807) is 13.3 Å². The third-order valence-electron chi connectivity index (χ3n) is 7.34. The highest BCUT2D eigenvalue weighted by molar-refractivity contribution is 7.88. The van der Waals surface area contributed by atoms with Gasteiger partial charge in [-0.15, -0.1) is 0 Å². The van der Waals surface area contributed by atoms with Crippen molar-refractivity contribution in [3.05, 3.63) is 59.9 Å². The lowest BCUT2D eigenvalue weighted by atomic mass is 10.1. The maximum atomic E-state index is 13.6. The zero-order chi connectivity index (χ0) is 28.1. The first-order chi connectivity index (χ1) is 19.3. The van der Waals surface area contributed by atoms with Crippen LogP contribution in [-0.2, 0) is 23.0 Å². The van der Waals surface area contributed by atoms with Gasteiger partial charge >= 0.3 is 0 Å². The maximum absolute atomic E-state index is 13.6. The molecule has 2 aliphatic rings. The molecule has 11 heteroatoms. The van der Waals surface area contributed by atoms with Gasteiger partial charge in [0.2, 0.25) is 10.0 Å². The Bertz CT molecular complexity index is 1450. The third-order valence-corrected chi connectivity index (χ3v) is 8.64. The van der Waals surface area contributed by atoms with Crippen LogP contribution in [0.5, 0.6) is 17.2 Å². The number of hydrogen-bond donors (Lipinski definition) is 0. The van der Waals surface area contributed by atoms with E-state index in [4.69, 9.17) is 14.2 Å². The van der Waals surface area contributed by atoms with E-state index in [0.717, 1.165) is 35.5 Å². The van der Waals surface area contributed by atoms with Gasteiger partial charge in [-0.3, -0.25) is 4.79 Å². The number of hydrogen-bond acceptors (Lipinski definition) is 7. The summed E-state index contributed by atoms with van der Waals surface area (Å²) in [6.07, 6.45) is 7.75. The molecule has 40 heavy (non-hydrogen) atoms. The first-order valence-corrected chi connectivity index (χ1v) is 15.5. The number of sulfonamides is 1. The van der Waals surface area contributed by atoms with Crippen LogP contribution in [0.4, 0.5) is 0 Å². The normalized spacial score (nSPS) is 17.2. The standard InChI is InChI=1S/C29H36N4O6S/c1-37-26-9-6-23-21-27(26)39-19-17-33(40(2,35)36)15-4-3-12-32(14-5-13-31-16-11-30-28(23)31)29(34)24-7-8-25-22(20-24)10-18-38-25/h6-9,11,16,20-21H,3-5,10,12-15,17-19H2,1-2H3. The summed E-state index contributed by atoms with van der Waals surface area (Å²) >= 11 is 0. The Hall–Kier alpha value is -3.57. The Morgan fingerprint density at radius 1 is 0.925 bits per heavy atom. The van der Waals surface area contributed by atoms with E-state index in [1.165, 1.54) is 10.6 Å². The van der Waals surface area contributed by atoms with Crippen molar-refractivity contribution in [2.45, 2.75) is 32.2 Å². The Balaban J connectivity index is 1.40. The van der Waals surface area contributed by atoms with Crippen molar-refractivity contribution in [2.75, 3.05) is 52.8 Å². The first kappa shape index (κ1) is 28.0. The molecule has 1 amide bonds. The average Bonchev–Trinajstić information content (AvgIpc) is 3.61. The van der Waals surface area contributed by atoms with Crippen LogP contribution >= 0.6 is 0 Å². The lowest BCUT2D eigenvalue weighted by molar-refractivity contribution is 0.0748. The lowest BCUT2D eigenvalue weighted by Gasteiger charge is -2.24. The van der Waals surface area contributed by atoms with Gasteiger partial charge in [-0.05, 0) is 61.2 Å². The predicted octanol–water partition coefficient (Wildman–Crippen LogP) is 3.46. The van der Waals surface area contributed by atoms with E-state index in [1.807, 2.05) is 47.5 Å².